The number of nitrogens with one attached hydrogen (secondary N) is 1. The minimum Gasteiger partial charge on any atom is -0.455 e. The van der Waals surface area contributed by atoms with Gasteiger partial charge in [-0.05, 0) is 31.2 Å². The minimum atomic E-state index is -0.541. The molecule has 0 spiro atoms. The van der Waals surface area contributed by atoms with Crippen LogP contribution in [0.4, 0.5) is 11.4 Å². The number of aromatic nitrogens is 1. The zero-order valence-electron chi connectivity index (χ0n) is 13.1. The molecule has 0 atom stereocenters. The van der Waals surface area contributed by atoms with Crippen molar-refractivity contribution in [1.29, 1.82) is 0 Å². The highest BCUT2D eigenvalue weighted by Crippen LogP contribution is 2.30. The molecule has 0 fully saturated rings. The van der Waals surface area contributed by atoms with E-state index in [4.69, 9.17) is 4.74 Å². The van der Waals surface area contributed by atoms with E-state index in [0.29, 0.717) is 10.6 Å². The number of non-ortho nitro benzene ring substituents is 1. The van der Waals surface area contributed by atoms with Crippen molar-refractivity contribution in [3.63, 3.8) is 0 Å². The second-order valence-electron chi connectivity index (χ2n) is 5.13. The van der Waals surface area contributed by atoms with Crippen molar-refractivity contribution >= 4 is 28.6 Å². The van der Waals surface area contributed by atoms with E-state index in [1.54, 1.807) is 24.4 Å². The lowest BCUT2D eigenvalue weighted by Gasteiger charge is -2.08. The first-order chi connectivity index (χ1) is 12.0. The Hall–Kier alpha value is -3.26. The number of nitro groups is 1. The molecule has 3 aromatic rings. The number of anilines is 1. The monoisotopic (exact) mass is 355 g/mol. The summed E-state index contributed by atoms with van der Waals surface area (Å²) in [6, 6.07) is 11.0. The molecule has 0 aliphatic carbocycles. The molecule has 126 valence electrons. The van der Waals surface area contributed by atoms with Gasteiger partial charge in [-0.3, -0.25) is 19.9 Å². The van der Waals surface area contributed by atoms with Gasteiger partial charge < -0.3 is 10.1 Å². The summed E-state index contributed by atoms with van der Waals surface area (Å²) in [5.41, 5.74) is 0.100. The topological polar surface area (TPSA) is 94.4 Å². The van der Waals surface area contributed by atoms with E-state index in [2.05, 4.69) is 10.3 Å². The Morgan fingerprint density at radius 3 is 2.72 bits per heavy atom. The van der Waals surface area contributed by atoms with Gasteiger partial charge in [0.25, 0.3) is 11.6 Å². The molecule has 0 saturated heterocycles. The summed E-state index contributed by atoms with van der Waals surface area (Å²) < 4.78 is 5.59. The van der Waals surface area contributed by atoms with E-state index < -0.39 is 4.92 Å². The third-order valence-electron chi connectivity index (χ3n) is 3.19. The number of aryl methyl sites for hydroxylation is 1. The summed E-state index contributed by atoms with van der Waals surface area (Å²) in [7, 11) is 0. The number of pyridine rings is 1. The molecule has 0 aliphatic rings. The predicted octanol–water partition coefficient (Wildman–Crippen LogP) is 4.40. The SMILES string of the molecule is Cc1ccc(C(=O)Nc2cc(Oc3cccnc3)cc([N+](=O)[O-])c2)s1. The zero-order chi connectivity index (χ0) is 17.8. The lowest BCUT2D eigenvalue weighted by molar-refractivity contribution is -0.384. The maximum Gasteiger partial charge on any atom is 0.275 e. The van der Waals surface area contributed by atoms with E-state index in [1.165, 1.54) is 35.7 Å². The molecule has 0 radical (unpaired) electrons. The number of hydrogen-bond donors (Lipinski definition) is 1. The number of benzene rings is 1. The van der Waals surface area contributed by atoms with Crippen LogP contribution in [-0.2, 0) is 0 Å². The van der Waals surface area contributed by atoms with Gasteiger partial charge in [0.15, 0.2) is 0 Å². The first-order valence-electron chi connectivity index (χ1n) is 7.26. The van der Waals surface area contributed by atoms with Crippen molar-refractivity contribution in [3.05, 3.63) is 74.7 Å². The number of nitro benzene ring substituents is 1. The summed E-state index contributed by atoms with van der Waals surface area (Å²) in [5.74, 6) is 0.347. The molecule has 2 heterocycles. The van der Waals surface area contributed by atoms with Crippen LogP contribution in [0.25, 0.3) is 0 Å². The number of amides is 1. The Bertz CT molecular complexity index is 925. The highest BCUT2D eigenvalue weighted by Gasteiger charge is 2.14. The molecule has 25 heavy (non-hydrogen) atoms. The Morgan fingerprint density at radius 1 is 1.24 bits per heavy atom. The number of thiophene rings is 1. The summed E-state index contributed by atoms with van der Waals surface area (Å²) in [6.45, 7) is 1.90. The smallest absolute Gasteiger partial charge is 0.275 e. The van der Waals surface area contributed by atoms with Crippen LogP contribution in [0.15, 0.2) is 54.9 Å². The summed E-state index contributed by atoms with van der Waals surface area (Å²) >= 11 is 1.35. The van der Waals surface area contributed by atoms with E-state index in [1.807, 2.05) is 13.0 Å². The van der Waals surface area contributed by atoms with Gasteiger partial charge in [-0.25, -0.2) is 0 Å². The van der Waals surface area contributed by atoms with E-state index in [0.717, 1.165) is 4.88 Å². The van der Waals surface area contributed by atoms with Gasteiger partial charge in [0.1, 0.15) is 11.5 Å². The third kappa shape index (κ3) is 4.18. The van der Waals surface area contributed by atoms with Crippen molar-refractivity contribution in [2.45, 2.75) is 6.92 Å². The molecular weight excluding hydrogens is 342 g/mol. The number of carbonyl (C=O) groups excluding carboxylic acids is 1. The van der Waals surface area contributed by atoms with E-state index in [-0.39, 0.29) is 23.0 Å². The summed E-state index contributed by atoms with van der Waals surface area (Å²) in [5, 5.41) is 13.8. The van der Waals surface area contributed by atoms with Crippen LogP contribution in [-0.4, -0.2) is 15.8 Å². The lowest BCUT2D eigenvalue weighted by atomic mass is 10.2. The van der Waals surface area contributed by atoms with E-state index in [9.17, 15) is 14.9 Å². The number of hydrogen-bond acceptors (Lipinski definition) is 6. The average Bonchev–Trinajstić information content (AvgIpc) is 3.02. The molecule has 0 unspecified atom stereocenters. The van der Waals surface area contributed by atoms with Gasteiger partial charge in [-0.1, -0.05) is 0 Å². The number of nitrogens with zero attached hydrogens (tertiary/aromatic N) is 2. The standard InChI is InChI=1S/C17H13N3O4S/c1-11-4-5-16(25-11)17(21)19-12-7-13(20(22)23)9-15(8-12)24-14-3-2-6-18-10-14/h2-10H,1H3,(H,19,21). The quantitative estimate of drug-likeness (QED) is 0.540. The summed E-state index contributed by atoms with van der Waals surface area (Å²) in [4.78, 5) is 28.3. The average molecular weight is 355 g/mol. The van der Waals surface area contributed by atoms with E-state index >= 15 is 0 Å². The second kappa shape index (κ2) is 7.10. The Morgan fingerprint density at radius 2 is 2.08 bits per heavy atom. The highest BCUT2D eigenvalue weighted by molar-refractivity contribution is 7.14. The molecule has 0 saturated carbocycles. The first kappa shape index (κ1) is 16.6. The minimum absolute atomic E-state index is 0.181. The van der Waals surface area contributed by atoms with Crippen molar-refractivity contribution in [2.75, 3.05) is 5.32 Å². The van der Waals surface area contributed by atoms with Gasteiger partial charge in [0.05, 0.1) is 27.8 Å². The fourth-order valence-corrected chi connectivity index (χ4v) is 2.88. The van der Waals surface area contributed by atoms with Crippen LogP contribution in [0, 0.1) is 17.0 Å². The van der Waals surface area contributed by atoms with Crippen molar-refractivity contribution in [2.24, 2.45) is 0 Å². The molecule has 2 aromatic heterocycles. The Labute approximate surface area is 147 Å². The van der Waals surface area contributed by atoms with Gasteiger partial charge in [0.2, 0.25) is 0 Å². The van der Waals surface area contributed by atoms with Crippen molar-refractivity contribution < 1.29 is 14.5 Å². The highest BCUT2D eigenvalue weighted by atomic mass is 32.1. The third-order valence-corrected chi connectivity index (χ3v) is 4.19. The normalized spacial score (nSPS) is 10.3. The van der Waals surface area contributed by atoms with Gasteiger partial charge in [0, 0.05) is 23.2 Å². The fourth-order valence-electron chi connectivity index (χ4n) is 2.11. The second-order valence-corrected chi connectivity index (χ2v) is 6.42. The fraction of sp³-hybridized carbons (Fsp3) is 0.0588. The van der Waals surface area contributed by atoms with Crippen LogP contribution in [0.5, 0.6) is 11.5 Å². The molecule has 3 rings (SSSR count). The van der Waals surface area contributed by atoms with Gasteiger partial charge >= 0.3 is 0 Å². The number of ether oxygens (including phenoxy) is 1. The Kier molecular flexibility index (Phi) is 4.71. The zero-order valence-corrected chi connectivity index (χ0v) is 13.9. The number of carbonyl (C=O) groups is 1. The van der Waals surface area contributed by atoms with Crippen molar-refractivity contribution in [3.8, 4) is 11.5 Å². The predicted molar refractivity (Wildman–Crippen MR) is 94.4 cm³/mol. The van der Waals surface area contributed by atoms with Crippen LogP contribution in [0.3, 0.4) is 0 Å². The molecule has 0 bridgehead atoms. The van der Waals surface area contributed by atoms with Crippen molar-refractivity contribution in [1.82, 2.24) is 4.98 Å². The molecule has 1 amide bonds. The molecule has 7 nitrogen and oxygen atoms in total. The largest absolute Gasteiger partial charge is 0.455 e. The Balaban J connectivity index is 1.87. The van der Waals surface area contributed by atoms with Crippen LogP contribution < -0.4 is 10.1 Å². The van der Waals surface area contributed by atoms with Crippen LogP contribution in [0.2, 0.25) is 0 Å². The summed E-state index contributed by atoms with van der Waals surface area (Å²) in [6.07, 6.45) is 3.08. The maximum atomic E-state index is 12.3. The molecular formula is C17H13N3O4S. The molecule has 0 aliphatic heterocycles. The lowest BCUT2D eigenvalue weighted by Crippen LogP contribution is -2.10. The van der Waals surface area contributed by atoms with Gasteiger partial charge in [-0.2, -0.15) is 0 Å². The molecule has 8 heteroatoms. The van der Waals surface area contributed by atoms with Gasteiger partial charge in [-0.15, -0.1) is 11.3 Å². The number of rotatable bonds is 5. The molecule has 1 N–H and O–H groups in total. The molecule has 1 aromatic carbocycles. The first-order valence-corrected chi connectivity index (χ1v) is 8.08. The maximum absolute atomic E-state index is 12.3. The van der Waals surface area contributed by atoms with Crippen LogP contribution >= 0.6 is 11.3 Å². The van der Waals surface area contributed by atoms with Crippen LogP contribution in [0.1, 0.15) is 14.5 Å².